The summed E-state index contributed by atoms with van der Waals surface area (Å²) in [7, 11) is 0. The number of carbonyl (C=O) groups is 2. The lowest BCUT2D eigenvalue weighted by Crippen LogP contribution is -2.37. The minimum absolute atomic E-state index is 0.0102. The van der Waals surface area contributed by atoms with Crippen molar-refractivity contribution in [3.63, 3.8) is 0 Å². The molecule has 8 nitrogen and oxygen atoms in total. The summed E-state index contributed by atoms with van der Waals surface area (Å²) in [5.41, 5.74) is 2.24. The minimum atomic E-state index is -0.512. The van der Waals surface area contributed by atoms with Crippen molar-refractivity contribution in [2.24, 2.45) is 5.92 Å². The van der Waals surface area contributed by atoms with Crippen LogP contribution in [0.5, 0.6) is 17.4 Å². The van der Waals surface area contributed by atoms with Crippen LogP contribution in [0, 0.1) is 18.7 Å². The van der Waals surface area contributed by atoms with Gasteiger partial charge >= 0.3 is 0 Å². The van der Waals surface area contributed by atoms with E-state index in [1.807, 2.05) is 0 Å². The highest BCUT2D eigenvalue weighted by Gasteiger charge is 2.42. The molecule has 0 spiro atoms. The van der Waals surface area contributed by atoms with Crippen molar-refractivity contribution < 1.29 is 28.2 Å². The Morgan fingerprint density at radius 3 is 2.94 bits per heavy atom. The van der Waals surface area contributed by atoms with Crippen molar-refractivity contribution in [1.82, 2.24) is 9.88 Å². The molecular formula is C25H26FN3O5. The Morgan fingerprint density at radius 1 is 1.26 bits per heavy atom. The van der Waals surface area contributed by atoms with Gasteiger partial charge in [0.15, 0.2) is 11.6 Å². The van der Waals surface area contributed by atoms with E-state index in [9.17, 15) is 9.59 Å². The molecule has 2 aromatic rings. The van der Waals surface area contributed by atoms with Gasteiger partial charge in [-0.05, 0) is 49.3 Å². The number of nitrogens with one attached hydrogen (secondary N) is 1. The first-order valence-electron chi connectivity index (χ1n) is 11.8. The van der Waals surface area contributed by atoms with Crippen LogP contribution in [0.15, 0.2) is 18.3 Å². The average Bonchev–Trinajstić information content (AvgIpc) is 3.58. The number of amides is 2. The molecule has 0 unspecified atom stereocenters. The number of hydrogen-bond donors (Lipinski definition) is 1. The molecule has 0 bridgehead atoms. The van der Waals surface area contributed by atoms with Crippen molar-refractivity contribution in [3.05, 3.63) is 40.8 Å². The van der Waals surface area contributed by atoms with Crippen LogP contribution < -0.4 is 19.5 Å². The van der Waals surface area contributed by atoms with E-state index in [0.717, 1.165) is 18.4 Å². The third kappa shape index (κ3) is 3.82. The zero-order chi connectivity index (χ0) is 23.4. The topological polar surface area (TPSA) is 90.0 Å². The molecule has 1 aromatic heterocycles. The molecule has 9 heteroatoms. The summed E-state index contributed by atoms with van der Waals surface area (Å²) in [6.07, 6.45) is 5.21. The Kier molecular flexibility index (Phi) is 5.08. The molecule has 2 atom stereocenters. The fourth-order valence-corrected chi connectivity index (χ4v) is 4.84. The van der Waals surface area contributed by atoms with Gasteiger partial charge in [0.1, 0.15) is 24.0 Å². The Balaban J connectivity index is 1.23. The van der Waals surface area contributed by atoms with E-state index in [4.69, 9.17) is 14.2 Å². The number of fused-ring (bicyclic) bond motifs is 3. The van der Waals surface area contributed by atoms with Crippen LogP contribution in [0.1, 0.15) is 47.2 Å². The number of hydrogen-bond acceptors (Lipinski definition) is 6. The van der Waals surface area contributed by atoms with Gasteiger partial charge in [0.05, 0.1) is 24.9 Å². The molecule has 4 heterocycles. The van der Waals surface area contributed by atoms with Crippen molar-refractivity contribution in [1.29, 1.82) is 0 Å². The Labute approximate surface area is 196 Å². The molecule has 1 saturated heterocycles. The van der Waals surface area contributed by atoms with Gasteiger partial charge in [0, 0.05) is 25.1 Å². The molecule has 3 aliphatic heterocycles. The first-order valence-corrected chi connectivity index (χ1v) is 11.8. The third-order valence-electron chi connectivity index (χ3n) is 6.95. The molecule has 4 aliphatic rings. The van der Waals surface area contributed by atoms with Gasteiger partial charge in [0.25, 0.3) is 5.91 Å². The predicted octanol–water partition coefficient (Wildman–Crippen LogP) is 3.26. The Bertz CT molecular complexity index is 1180. The second-order valence-electron chi connectivity index (χ2n) is 9.59. The molecule has 1 saturated carbocycles. The number of ether oxygens (including phenoxy) is 3. The molecule has 1 aliphatic carbocycles. The summed E-state index contributed by atoms with van der Waals surface area (Å²) < 4.78 is 32.9. The van der Waals surface area contributed by atoms with Gasteiger partial charge < -0.3 is 24.4 Å². The molecule has 6 rings (SSSR count). The lowest BCUT2D eigenvalue weighted by molar-refractivity contribution is -0.116. The van der Waals surface area contributed by atoms with Gasteiger partial charge in [-0.1, -0.05) is 0 Å². The standard InChI is InChI=1S/C25H26FN3O5/c1-13-6-19-22(24(23(13)26)33-11-14-2-3-14)25(31)29-10-17(7-16(29)12-32-19)34-21-8-18-15(9-27-21)4-5-20(30)28-18/h6,8-9,14,16-17H,2-5,7,10-12H2,1H3,(H,28,30)/t16-,17+/m1/s1. The largest absolute Gasteiger partial charge is 0.490 e. The monoisotopic (exact) mass is 467 g/mol. The van der Waals surface area contributed by atoms with E-state index in [2.05, 4.69) is 10.3 Å². The molecule has 34 heavy (non-hydrogen) atoms. The van der Waals surface area contributed by atoms with Crippen LogP contribution in [0.4, 0.5) is 10.1 Å². The molecule has 2 fully saturated rings. The zero-order valence-electron chi connectivity index (χ0n) is 18.9. The lowest BCUT2D eigenvalue weighted by Gasteiger charge is -2.21. The quantitative estimate of drug-likeness (QED) is 0.726. The van der Waals surface area contributed by atoms with Gasteiger partial charge in [-0.25, -0.2) is 9.37 Å². The number of pyridine rings is 1. The highest BCUT2D eigenvalue weighted by Crippen LogP contribution is 2.40. The highest BCUT2D eigenvalue weighted by molar-refractivity contribution is 6.00. The maximum atomic E-state index is 15.0. The number of benzene rings is 1. The van der Waals surface area contributed by atoms with Crippen molar-refractivity contribution >= 4 is 17.5 Å². The number of nitrogens with zero attached hydrogens (tertiary/aromatic N) is 2. The fourth-order valence-electron chi connectivity index (χ4n) is 4.84. The van der Waals surface area contributed by atoms with Gasteiger partial charge in [-0.2, -0.15) is 0 Å². The van der Waals surface area contributed by atoms with Crippen molar-refractivity contribution in [2.45, 2.75) is 51.2 Å². The molecule has 0 radical (unpaired) electrons. The summed E-state index contributed by atoms with van der Waals surface area (Å²) >= 11 is 0. The average molecular weight is 467 g/mol. The maximum absolute atomic E-state index is 15.0. The number of anilines is 1. The van der Waals surface area contributed by atoms with Crippen LogP contribution in [0.25, 0.3) is 0 Å². The van der Waals surface area contributed by atoms with E-state index in [1.54, 1.807) is 30.2 Å². The van der Waals surface area contributed by atoms with Gasteiger partial charge in [-0.3, -0.25) is 9.59 Å². The Morgan fingerprint density at radius 2 is 2.12 bits per heavy atom. The smallest absolute Gasteiger partial charge is 0.262 e. The molecule has 2 amide bonds. The van der Waals surface area contributed by atoms with E-state index >= 15 is 4.39 Å². The number of aromatic nitrogens is 1. The van der Waals surface area contributed by atoms with Gasteiger partial charge in [0.2, 0.25) is 11.8 Å². The normalized spacial score (nSPS) is 23.3. The number of rotatable bonds is 5. The number of halogens is 1. The molecule has 178 valence electrons. The summed E-state index contributed by atoms with van der Waals surface area (Å²) in [5.74, 6) is 0.331. The van der Waals surface area contributed by atoms with E-state index in [0.29, 0.717) is 67.8 Å². The van der Waals surface area contributed by atoms with Crippen molar-refractivity contribution in [3.8, 4) is 17.4 Å². The number of carbonyl (C=O) groups excluding carboxylic acids is 2. The Hall–Kier alpha value is -3.36. The first kappa shape index (κ1) is 21.2. The van der Waals surface area contributed by atoms with Crippen LogP contribution in [0.2, 0.25) is 0 Å². The minimum Gasteiger partial charge on any atom is -0.490 e. The fraction of sp³-hybridized carbons (Fsp3) is 0.480. The second kappa shape index (κ2) is 8.14. The van der Waals surface area contributed by atoms with E-state index in [-0.39, 0.29) is 35.3 Å². The highest BCUT2D eigenvalue weighted by atomic mass is 19.1. The zero-order valence-corrected chi connectivity index (χ0v) is 18.9. The third-order valence-corrected chi connectivity index (χ3v) is 6.95. The SMILES string of the molecule is Cc1cc2c(c(OCC3CC3)c1F)C(=O)N1C[C@@H](Oc3cc4c(cn3)CCC(=O)N4)C[C@@H]1CO2. The summed E-state index contributed by atoms with van der Waals surface area (Å²) in [4.78, 5) is 31.3. The molecular weight excluding hydrogens is 441 g/mol. The van der Waals surface area contributed by atoms with E-state index < -0.39 is 5.82 Å². The molecule has 1 aromatic carbocycles. The van der Waals surface area contributed by atoms with Crippen molar-refractivity contribution in [2.75, 3.05) is 25.1 Å². The second-order valence-corrected chi connectivity index (χ2v) is 9.59. The summed E-state index contributed by atoms with van der Waals surface area (Å²) in [6.45, 7) is 2.67. The van der Waals surface area contributed by atoms with Gasteiger partial charge in [-0.15, -0.1) is 0 Å². The van der Waals surface area contributed by atoms with Crippen LogP contribution in [-0.2, 0) is 11.2 Å². The summed E-state index contributed by atoms with van der Waals surface area (Å²) in [5, 5.41) is 2.85. The lowest BCUT2D eigenvalue weighted by atomic mass is 10.1. The first-order chi connectivity index (χ1) is 16.5. The van der Waals surface area contributed by atoms with E-state index in [1.165, 1.54) is 0 Å². The molecule has 1 N–H and O–H groups in total. The van der Waals surface area contributed by atoms with Crippen LogP contribution >= 0.6 is 0 Å². The number of aryl methyl sites for hydroxylation is 2. The predicted molar refractivity (Wildman–Crippen MR) is 120 cm³/mol. The maximum Gasteiger partial charge on any atom is 0.262 e. The van der Waals surface area contributed by atoms with Crippen LogP contribution in [0.3, 0.4) is 0 Å². The summed E-state index contributed by atoms with van der Waals surface area (Å²) in [6, 6.07) is 3.10. The van der Waals surface area contributed by atoms with Crippen LogP contribution in [-0.4, -0.2) is 53.6 Å².